The van der Waals surface area contributed by atoms with E-state index in [0.29, 0.717) is 18.6 Å². The lowest BCUT2D eigenvalue weighted by atomic mass is 9.99. The van der Waals surface area contributed by atoms with E-state index in [-0.39, 0.29) is 55.8 Å². The third-order valence-electron chi connectivity index (χ3n) is 5.74. The maximum Gasteiger partial charge on any atom is 0.451 e. The Bertz CT molecular complexity index is 1130. The number of hydrogen-bond acceptors (Lipinski definition) is 5. The van der Waals surface area contributed by atoms with Gasteiger partial charge in [0.15, 0.2) is 17.5 Å². The van der Waals surface area contributed by atoms with Crippen LogP contribution >= 0.6 is 12.4 Å². The van der Waals surface area contributed by atoms with Gasteiger partial charge in [0.25, 0.3) is 0 Å². The van der Waals surface area contributed by atoms with Gasteiger partial charge in [-0.25, -0.2) is 13.2 Å². The first-order valence-corrected chi connectivity index (χ1v) is 11.2. The summed E-state index contributed by atoms with van der Waals surface area (Å²) in [6.07, 6.45) is -5.11. The van der Waals surface area contributed by atoms with Gasteiger partial charge < -0.3 is 20.5 Å². The smallest absolute Gasteiger partial charge is 0.351 e. The second kappa shape index (κ2) is 12.1. The largest absolute Gasteiger partial charge is 0.451 e. The lowest BCUT2D eigenvalue weighted by Gasteiger charge is -2.30. The molecule has 37 heavy (non-hydrogen) atoms. The number of benzene rings is 1. The summed E-state index contributed by atoms with van der Waals surface area (Å²) in [5.41, 5.74) is 5.63. The number of alkyl halides is 3. The first-order chi connectivity index (χ1) is 16.8. The number of fused-ring (bicyclic) bond motifs is 1. The van der Waals surface area contributed by atoms with E-state index in [4.69, 9.17) is 5.73 Å². The molecule has 2 unspecified atom stereocenters. The Kier molecular flexibility index (Phi) is 9.94. The summed E-state index contributed by atoms with van der Waals surface area (Å²) >= 11 is 0. The second-order valence-electron chi connectivity index (χ2n) is 9.11. The van der Waals surface area contributed by atoms with Crippen molar-refractivity contribution < 1.29 is 35.9 Å². The minimum atomic E-state index is -4.70. The fourth-order valence-corrected chi connectivity index (χ4v) is 4.00. The van der Waals surface area contributed by atoms with Crippen LogP contribution in [-0.4, -0.2) is 50.1 Å². The predicted octanol–water partition coefficient (Wildman–Crippen LogP) is 2.97. The molecule has 0 fully saturated rings. The quantitative estimate of drug-likeness (QED) is 0.384. The highest BCUT2D eigenvalue weighted by molar-refractivity contribution is 5.85. The van der Waals surface area contributed by atoms with Gasteiger partial charge >= 0.3 is 6.18 Å². The lowest BCUT2D eigenvalue weighted by Crippen LogP contribution is -2.49. The van der Waals surface area contributed by atoms with Crippen molar-refractivity contribution in [3.05, 3.63) is 46.8 Å². The van der Waals surface area contributed by atoms with E-state index < -0.39 is 59.8 Å². The molecular weight excluding hydrogens is 530 g/mol. The van der Waals surface area contributed by atoms with Crippen LogP contribution in [0.3, 0.4) is 0 Å². The van der Waals surface area contributed by atoms with Crippen LogP contribution in [0, 0.1) is 23.4 Å². The average Bonchev–Trinajstić information content (AvgIpc) is 3.20. The molecule has 206 valence electrons. The third kappa shape index (κ3) is 7.57. The summed E-state index contributed by atoms with van der Waals surface area (Å²) in [5, 5.41) is 9.24. The van der Waals surface area contributed by atoms with Crippen molar-refractivity contribution in [2.24, 2.45) is 11.7 Å². The maximum atomic E-state index is 14.3. The Balaban J connectivity index is 0.00000481. The van der Waals surface area contributed by atoms with Crippen molar-refractivity contribution in [2.75, 3.05) is 6.54 Å². The second-order valence-corrected chi connectivity index (χ2v) is 9.11. The number of rotatable bonds is 8. The van der Waals surface area contributed by atoms with Crippen molar-refractivity contribution in [1.82, 2.24) is 25.0 Å². The fourth-order valence-electron chi connectivity index (χ4n) is 4.00. The molecule has 0 aliphatic carbocycles. The number of hydrogen-bond donors (Lipinski definition) is 2. The van der Waals surface area contributed by atoms with E-state index in [9.17, 15) is 35.9 Å². The summed E-state index contributed by atoms with van der Waals surface area (Å²) in [4.78, 5) is 26.8. The van der Waals surface area contributed by atoms with Gasteiger partial charge in [0.1, 0.15) is 5.82 Å². The fraction of sp³-hybridized carbons (Fsp3) is 0.545. The van der Waals surface area contributed by atoms with Crippen LogP contribution in [0.5, 0.6) is 0 Å². The van der Waals surface area contributed by atoms with E-state index in [1.54, 1.807) is 0 Å². The molecule has 2 atom stereocenters. The number of halogens is 7. The van der Waals surface area contributed by atoms with Gasteiger partial charge in [-0.15, -0.1) is 22.6 Å². The lowest BCUT2D eigenvalue weighted by molar-refractivity contribution is -0.148. The molecule has 1 aromatic carbocycles. The highest BCUT2D eigenvalue weighted by Crippen LogP contribution is 2.29. The van der Waals surface area contributed by atoms with E-state index >= 15 is 0 Å². The number of carbonyl (C=O) groups excluding carboxylic acids is 2. The minimum absolute atomic E-state index is 0. The molecule has 0 bridgehead atoms. The van der Waals surface area contributed by atoms with E-state index in [0.717, 1.165) is 4.57 Å². The first-order valence-electron chi connectivity index (χ1n) is 11.2. The molecule has 1 aliphatic heterocycles. The molecule has 2 heterocycles. The molecule has 2 amide bonds. The molecule has 2 aromatic rings. The molecule has 0 spiro atoms. The van der Waals surface area contributed by atoms with Crippen molar-refractivity contribution in [3.8, 4) is 0 Å². The Labute approximate surface area is 215 Å². The molecule has 1 aromatic heterocycles. The highest BCUT2D eigenvalue weighted by atomic mass is 35.5. The zero-order chi connectivity index (χ0) is 26.8. The molecule has 1 aliphatic rings. The minimum Gasteiger partial charge on any atom is -0.351 e. The zero-order valence-corrected chi connectivity index (χ0v) is 20.8. The van der Waals surface area contributed by atoms with Gasteiger partial charge in [-0.3, -0.25) is 9.59 Å². The highest BCUT2D eigenvalue weighted by Gasteiger charge is 2.40. The van der Waals surface area contributed by atoms with Crippen LogP contribution in [0.2, 0.25) is 0 Å². The summed E-state index contributed by atoms with van der Waals surface area (Å²) in [6.45, 7) is 3.17. The maximum absolute atomic E-state index is 14.3. The number of carbonyl (C=O) groups is 2. The van der Waals surface area contributed by atoms with Gasteiger partial charge in [-0.05, 0) is 30.4 Å². The van der Waals surface area contributed by atoms with Crippen molar-refractivity contribution in [3.63, 3.8) is 0 Å². The summed E-state index contributed by atoms with van der Waals surface area (Å²) in [5.74, 6) is -6.06. The van der Waals surface area contributed by atoms with E-state index in [1.807, 2.05) is 13.8 Å². The normalized spacial score (nSPS) is 15.1. The molecule has 0 saturated carbocycles. The number of nitrogens with zero attached hydrogens (tertiary/aromatic N) is 4. The first kappa shape index (κ1) is 30.4. The Morgan fingerprint density at radius 3 is 2.35 bits per heavy atom. The SMILES string of the molecule is CC(C)CC(N)C(=O)NC(CC(=O)N1CCn2c(nnc2C(F)(F)F)C1)Cc1cc(F)c(F)cc1F.Cl. The Hall–Kier alpha value is -2.87. The molecular formula is C22H27ClF6N6O2. The number of amides is 2. The molecule has 8 nitrogen and oxygen atoms in total. The van der Waals surface area contributed by atoms with Gasteiger partial charge in [-0.1, -0.05) is 13.8 Å². The van der Waals surface area contributed by atoms with Gasteiger partial charge in [0.2, 0.25) is 17.6 Å². The topological polar surface area (TPSA) is 106 Å². The van der Waals surface area contributed by atoms with Crippen LogP contribution in [0.1, 0.15) is 43.9 Å². The predicted molar refractivity (Wildman–Crippen MR) is 122 cm³/mol. The van der Waals surface area contributed by atoms with Crippen LogP contribution in [0.4, 0.5) is 26.3 Å². The average molecular weight is 557 g/mol. The van der Waals surface area contributed by atoms with Crippen LogP contribution in [-0.2, 0) is 35.3 Å². The summed E-state index contributed by atoms with van der Waals surface area (Å²) < 4.78 is 81.4. The van der Waals surface area contributed by atoms with E-state index in [2.05, 4.69) is 15.5 Å². The van der Waals surface area contributed by atoms with Gasteiger partial charge in [-0.2, -0.15) is 13.2 Å². The summed E-state index contributed by atoms with van der Waals surface area (Å²) in [6, 6.07) is -0.963. The van der Waals surface area contributed by atoms with E-state index in [1.165, 1.54) is 4.90 Å². The van der Waals surface area contributed by atoms with Crippen molar-refractivity contribution >= 4 is 24.2 Å². The van der Waals surface area contributed by atoms with Crippen molar-refractivity contribution in [1.29, 1.82) is 0 Å². The Morgan fingerprint density at radius 2 is 1.73 bits per heavy atom. The Morgan fingerprint density at radius 1 is 1.08 bits per heavy atom. The zero-order valence-electron chi connectivity index (χ0n) is 20.0. The number of aromatic nitrogens is 3. The molecule has 0 saturated heterocycles. The summed E-state index contributed by atoms with van der Waals surface area (Å²) in [7, 11) is 0. The molecule has 3 rings (SSSR count). The van der Waals surface area contributed by atoms with Crippen LogP contribution in [0.25, 0.3) is 0 Å². The van der Waals surface area contributed by atoms with Gasteiger partial charge in [0.05, 0.1) is 12.6 Å². The third-order valence-corrected chi connectivity index (χ3v) is 5.74. The standard InChI is InChI=1S/C22H26F6N6O2.ClH/c1-11(2)5-17(29)20(36)30-13(6-12-7-15(24)16(25)9-14(12)23)8-19(35)33-3-4-34-18(10-33)31-32-21(34)22(26,27)28;/h7,9,11,13,17H,3-6,8,10,29H2,1-2H3,(H,30,36);1H. The van der Waals surface area contributed by atoms with Gasteiger partial charge in [0, 0.05) is 31.6 Å². The van der Waals surface area contributed by atoms with Crippen LogP contribution in [0.15, 0.2) is 12.1 Å². The molecule has 0 radical (unpaired) electrons. The number of nitrogens with one attached hydrogen (secondary N) is 1. The van der Waals surface area contributed by atoms with Crippen LogP contribution < -0.4 is 11.1 Å². The van der Waals surface area contributed by atoms with Crippen molar-refractivity contribution in [2.45, 2.75) is 64.5 Å². The molecule has 15 heteroatoms. The number of nitrogens with two attached hydrogens (primary N) is 1. The monoisotopic (exact) mass is 556 g/mol. The molecule has 3 N–H and O–H groups in total.